The molecule has 1 amide bonds. The van der Waals surface area contributed by atoms with Crippen molar-refractivity contribution in [3.8, 4) is 0 Å². The van der Waals surface area contributed by atoms with Gasteiger partial charge in [-0.3, -0.25) is 10.1 Å². The highest BCUT2D eigenvalue weighted by Gasteiger charge is 2.14. The van der Waals surface area contributed by atoms with Gasteiger partial charge in [-0.05, 0) is 20.8 Å². The highest BCUT2D eigenvalue weighted by molar-refractivity contribution is 7.15. The predicted octanol–water partition coefficient (Wildman–Crippen LogP) is 1.23. The highest BCUT2D eigenvalue weighted by atomic mass is 32.1. The average molecular weight is 259 g/mol. The summed E-state index contributed by atoms with van der Waals surface area (Å²) in [5.74, 6) is -0.224. The Morgan fingerprint density at radius 2 is 2.24 bits per heavy atom. The molecule has 0 aromatic carbocycles. The monoisotopic (exact) mass is 259 g/mol. The van der Waals surface area contributed by atoms with E-state index in [0.29, 0.717) is 25.0 Å². The van der Waals surface area contributed by atoms with Crippen molar-refractivity contribution in [2.75, 3.05) is 25.1 Å². The van der Waals surface area contributed by atoms with Crippen molar-refractivity contribution in [3.05, 3.63) is 5.01 Å². The van der Waals surface area contributed by atoms with E-state index in [1.807, 2.05) is 13.8 Å². The van der Waals surface area contributed by atoms with Gasteiger partial charge in [-0.25, -0.2) is 0 Å². The first-order valence-corrected chi connectivity index (χ1v) is 6.25. The van der Waals surface area contributed by atoms with Gasteiger partial charge in [0.25, 0.3) is 5.91 Å². The summed E-state index contributed by atoms with van der Waals surface area (Å²) in [6.07, 6.45) is -0.528. The molecule has 0 aliphatic carbocycles. The van der Waals surface area contributed by atoms with Crippen molar-refractivity contribution < 1.29 is 14.3 Å². The number of nitrogens with one attached hydrogen (secondary N) is 1. The van der Waals surface area contributed by atoms with E-state index < -0.39 is 6.10 Å². The maximum absolute atomic E-state index is 11.6. The molecule has 6 nitrogen and oxygen atoms in total. The van der Waals surface area contributed by atoms with Gasteiger partial charge in [0.05, 0.1) is 13.2 Å². The second kappa shape index (κ2) is 7.31. The van der Waals surface area contributed by atoms with Crippen molar-refractivity contribution >= 4 is 22.4 Å². The van der Waals surface area contributed by atoms with Gasteiger partial charge in [-0.2, -0.15) is 0 Å². The van der Waals surface area contributed by atoms with Gasteiger partial charge in [-0.15, -0.1) is 10.2 Å². The van der Waals surface area contributed by atoms with Crippen LogP contribution in [-0.2, 0) is 14.3 Å². The Morgan fingerprint density at radius 1 is 1.47 bits per heavy atom. The van der Waals surface area contributed by atoms with Crippen LogP contribution in [0, 0.1) is 6.92 Å². The number of rotatable bonds is 7. The normalized spacial score (nSPS) is 12.4. The maximum Gasteiger partial charge on any atom is 0.255 e. The van der Waals surface area contributed by atoms with Gasteiger partial charge < -0.3 is 9.47 Å². The van der Waals surface area contributed by atoms with E-state index in [4.69, 9.17) is 9.47 Å². The van der Waals surface area contributed by atoms with Crippen LogP contribution in [0.5, 0.6) is 0 Å². The first-order valence-electron chi connectivity index (χ1n) is 5.43. The number of carbonyl (C=O) groups is 1. The molecule has 7 heteroatoms. The number of hydrogen-bond donors (Lipinski definition) is 1. The summed E-state index contributed by atoms with van der Waals surface area (Å²) in [6.45, 7) is 6.97. The first kappa shape index (κ1) is 14.0. The van der Waals surface area contributed by atoms with E-state index in [9.17, 15) is 4.79 Å². The Kier molecular flexibility index (Phi) is 6.03. The molecule has 1 atom stereocenters. The van der Waals surface area contributed by atoms with Gasteiger partial charge >= 0.3 is 0 Å². The minimum absolute atomic E-state index is 0.224. The molecule has 1 rings (SSSR count). The molecular weight excluding hydrogens is 242 g/mol. The summed E-state index contributed by atoms with van der Waals surface area (Å²) in [4.78, 5) is 11.6. The summed E-state index contributed by atoms with van der Waals surface area (Å²) in [6, 6.07) is 0. The standard InChI is InChI=1S/C10H17N3O3S/c1-4-15-5-6-16-7(2)9(14)11-10-13-12-8(3)17-10/h7H,4-6H2,1-3H3,(H,11,13,14)/t7-/m1/s1. The van der Waals surface area contributed by atoms with Crippen LogP contribution in [0.4, 0.5) is 5.13 Å². The maximum atomic E-state index is 11.6. The molecule has 0 bridgehead atoms. The summed E-state index contributed by atoms with van der Waals surface area (Å²) >= 11 is 1.33. The minimum Gasteiger partial charge on any atom is -0.379 e. The fraction of sp³-hybridized carbons (Fsp3) is 0.700. The Labute approximate surface area is 104 Å². The zero-order chi connectivity index (χ0) is 12.7. The molecule has 1 aromatic heterocycles. The molecule has 1 N–H and O–H groups in total. The molecule has 0 fully saturated rings. The van der Waals surface area contributed by atoms with Crippen LogP contribution in [-0.4, -0.2) is 42.0 Å². The van der Waals surface area contributed by atoms with E-state index in [0.717, 1.165) is 5.01 Å². The second-order valence-electron chi connectivity index (χ2n) is 3.33. The summed E-state index contributed by atoms with van der Waals surface area (Å²) in [5.41, 5.74) is 0. The number of aromatic nitrogens is 2. The van der Waals surface area contributed by atoms with Crippen LogP contribution in [0.3, 0.4) is 0 Å². The van der Waals surface area contributed by atoms with E-state index in [-0.39, 0.29) is 5.91 Å². The predicted molar refractivity (Wildman–Crippen MR) is 65.2 cm³/mol. The fourth-order valence-corrected chi connectivity index (χ4v) is 1.65. The van der Waals surface area contributed by atoms with Crippen molar-refractivity contribution in [2.45, 2.75) is 26.9 Å². The smallest absolute Gasteiger partial charge is 0.255 e. The molecular formula is C10H17N3O3S. The molecule has 1 aromatic rings. The molecule has 0 aliphatic heterocycles. The van der Waals surface area contributed by atoms with Crippen molar-refractivity contribution in [1.29, 1.82) is 0 Å². The Bertz CT molecular complexity index is 356. The van der Waals surface area contributed by atoms with Gasteiger partial charge in [0.1, 0.15) is 11.1 Å². The number of ether oxygens (including phenoxy) is 2. The lowest BCUT2D eigenvalue weighted by molar-refractivity contribution is -0.127. The zero-order valence-electron chi connectivity index (χ0n) is 10.2. The summed E-state index contributed by atoms with van der Waals surface area (Å²) in [5, 5.41) is 11.6. The quantitative estimate of drug-likeness (QED) is 0.745. The SMILES string of the molecule is CCOCCO[C@H](C)C(=O)Nc1nnc(C)s1. The lowest BCUT2D eigenvalue weighted by Crippen LogP contribution is -2.28. The van der Waals surface area contributed by atoms with Gasteiger partial charge in [0, 0.05) is 6.61 Å². The Hall–Kier alpha value is -1.05. The van der Waals surface area contributed by atoms with E-state index >= 15 is 0 Å². The lowest BCUT2D eigenvalue weighted by Gasteiger charge is -2.11. The van der Waals surface area contributed by atoms with Crippen LogP contribution in [0.2, 0.25) is 0 Å². The number of hydrogen-bond acceptors (Lipinski definition) is 6. The van der Waals surface area contributed by atoms with Crippen molar-refractivity contribution in [3.63, 3.8) is 0 Å². The first-order chi connectivity index (χ1) is 8.13. The average Bonchev–Trinajstić information content (AvgIpc) is 2.70. The molecule has 0 radical (unpaired) electrons. The van der Waals surface area contributed by atoms with Crippen LogP contribution >= 0.6 is 11.3 Å². The van der Waals surface area contributed by atoms with Crippen molar-refractivity contribution in [1.82, 2.24) is 10.2 Å². The molecule has 0 saturated heterocycles. The third-order valence-electron chi connectivity index (χ3n) is 1.93. The number of aryl methyl sites for hydroxylation is 1. The van der Waals surface area contributed by atoms with Gasteiger partial charge in [0.15, 0.2) is 0 Å². The van der Waals surface area contributed by atoms with Crippen molar-refractivity contribution in [2.24, 2.45) is 0 Å². The Balaban J connectivity index is 2.27. The number of carbonyl (C=O) groups excluding carboxylic acids is 1. The summed E-state index contributed by atoms with van der Waals surface area (Å²) in [7, 11) is 0. The molecule has 0 aliphatic rings. The molecule has 96 valence electrons. The largest absolute Gasteiger partial charge is 0.379 e. The molecule has 17 heavy (non-hydrogen) atoms. The van der Waals surface area contributed by atoms with E-state index in [1.54, 1.807) is 6.92 Å². The van der Waals surface area contributed by atoms with Crippen LogP contribution in [0.15, 0.2) is 0 Å². The van der Waals surface area contributed by atoms with E-state index in [1.165, 1.54) is 11.3 Å². The second-order valence-corrected chi connectivity index (χ2v) is 4.51. The summed E-state index contributed by atoms with van der Waals surface area (Å²) < 4.78 is 10.4. The molecule has 0 spiro atoms. The highest BCUT2D eigenvalue weighted by Crippen LogP contribution is 2.13. The number of amides is 1. The number of nitrogens with zero attached hydrogens (tertiary/aromatic N) is 2. The topological polar surface area (TPSA) is 73.3 Å². The Morgan fingerprint density at radius 3 is 2.82 bits per heavy atom. The fourth-order valence-electron chi connectivity index (χ4n) is 1.06. The zero-order valence-corrected chi connectivity index (χ0v) is 11.0. The lowest BCUT2D eigenvalue weighted by atomic mass is 10.4. The van der Waals surface area contributed by atoms with Gasteiger partial charge in [0.2, 0.25) is 5.13 Å². The molecule has 0 saturated carbocycles. The molecule has 1 heterocycles. The third kappa shape index (κ3) is 5.20. The number of anilines is 1. The van der Waals surface area contributed by atoms with E-state index in [2.05, 4.69) is 15.5 Å². The third-order valence-corrected chi connectivity index (χ3v) is 2.68. The van der Waals surface area contributed by atoms with Crippen LogP contribution in [0.1, 0.15) is 18.9 Å². The molecule has 0 unspecified atom stereocenters. The van der Waals surface area contributed by atoms with Gasteiger partial charge in [-0.1, -0.05) is 11.3 Å². The van der Waals surface area contributed by atoms with Crippen LogP contribution < -0.4 is 5.32 Å². The minimum atomic E-state index is -0.528. The van der Waals surface area contributed by atoms with Crippen LogP contribution in [0.25, 0.3) is 0 Å².